The van der Waals surface area contributed by atoms with Crippen LogP contribution in [0.25, 0.3) is 11.0 Å². The number of hydrogen-bond donors (Lipinski definition) is 1. The molecule has 2 heterocycles. The SMILES string of the molecule is CSCc1nc2ccccc2n1CC(=O)N1CCNC(=O)C1C(C)C. The van der Waals surface area contributed by atoms with Crippen LogP contribution in [0.4, 0.5) is 0 Å². The van der Waals surface area contributed by atoms with Crippen molar-refractivity contribution in [2.75, 3.05) is 19.3 Å². The number of nitrogens with zero attached hydrogens (tertiary/aromatic N) is 3. The molecule has 1 atom stereocenters. The predicted molar refractivity (Wildman–Crippen MR) is 100 cm³/mol. The lowest BCUT2D eigenvalue weighted by Crippen LogP contribution is -2.59. The summed E-state index contributed by atoms with van der Waals surface area (Å²) in [5.74, 6) is 1.63. The van der Waals surface area contributed by atoms with E-state index in [4.69, 9.17) is 0 Å². The predicted octanol–water partition coefficient (Wildman–Crippen LogP) is 1.88. The zero-order valence-electron chi connectivity index (χ0n) is 14.9. The summed E-state index contributed by atoms with van der Waals surface area (Å²) in [7, 11) is 0. The van der Waals surface area contributed by atoms with Crippen LogP contribution in [0.2, 0.25) is 0 Å². The van der Waals surface area contributed by atoms with E-state index in [-0.39, 0.29) is 24.3 Å². The highest BCUT2D eigenvalue weighted by Gasteiger charge is 2.35. The Morgan fingerprint density at radius 1 is 1.40 bits per heavy atom. The van der Waals surface area contributed by atoms with Crippen molar-refractivity contribution in [3.05, 3.63) is 30.1 Å². The van der Waals surface area contributed by atoms with Crippen molar-refractivity contribution in [1.29, 1.82) is 0 Å². The number of carbonyl (C=O) groups is 2. The van der Waals surface area contributed by atoms with Crippen LogP contribution in [0.1, 0.15) is 19.7 Å². The molecule has 134 valence electrons. The molecule has 0 spiro atoms. The second-order valence-corrected chi connectivity index (χ2v) is 7.47. The minimum atomic E-state index is -0.403. The van der Waals surface area contributed by atoms with Gasteiger partial charge in [-0.05, 0) is 24.3 Å². The molecule has 25 heavy (non-hydrogen) atoms. The summed E-state index contributed by atoms with van der Waals surface area (Å²) >= 11 is 1.68. The number of thioether (sulfide) groups is 1. The molecule has 1 aromatic heterocycles. The van der Waals surface area contributed by atoms with Gasteiger partial charge in [-0.15, -0.1) is 0 Å². The van der Waals surface area contributed by atoms with Crippen LogP contribution >= 0.6 is 11.8 Å². The van der Waals surface area contributed by atoms with E-state index in [0.29, 0.717) is 13.1 Å². The number of amides is 2. The molecule has 2 aromatic rings. The minimum Gasteiger partial charge on any atom is -0.353 e. The quantitative estimate of drug-likeness (QED) is 0.884. The van der Waals surface area contributed by atoms with Gasteiger partial charge in [-0.2, -0.15) is 11.8 Å². The standard InChI is InChI=1S/C18H24N4O2S/c1-12(2)17-18(24)19-8-9-21(17)16(23)10-22-14-7-5-4-6-13(14)20-15(22)11-25-3/h4-7,12,17H,8-11H2,1-3H3,(H,19,24). The van der Waals surface area contributed by atoms with Crippen molar-refractivity contribution < 1.29 is 9.59 Å². The van der Waals surface area contributed by atoms with Gasteiger partial charge in [0.15, 0.2) is 0 Å². The first-order valence-corrected chi connectivity index (χ1v) is 9.92. The normalized spacial score (nSPS) is 18.0. The van der Waals surface area contributed by atoms with Crippen molar-refractivity contribution in [1.82, 2.24) is 19.8 Å². The maximum atomic E-state index is 13.0. The van der Waals surface area contributed by atoms with Gasteiger partial charge in [0, 0.05) is 13.1 Å². The molecule has 1 aromatic carbocycles. The number of hydrogen-bond acceptors (Lipinski definition) is 4. The Morgan fingerprint density at radius 2 is 2.16 bits per heavy atom. The van der Waals surface area contributed by atoms with Crippen LogP contribution in [0.15, 0.2) is 24.3 Å². The van der Waals surface area contributed by atoms with Gasteiger partial charge in [-0.25, -0.2) is 4.98 Å². The molecule has 0 radical (unpaired) electrons. The fraction of sp³-hybridized carbons (Fsp3) is 0.500. The second kappa shape index (κ2) is 7.47. The maximum Gasteiger partial charge on any atom is 0.243 e. The van der Waals surface area contributed by atoms with Crippen molar-refractivity contribution >= 4 is 34.6 Å². The van der Waals surface area contributed by atoms with Gasteiger partial charge in [0.25, 0.3) is 0 Å². The lowest BCUT2D eigenvalue weighted by Gasteiger charge is -2.37. The molecule has 1 aliphatic rings. The van der Waals surface area contributed by atoms with Crippen LogP contribution in [0.3, 0.4) is 0 Å². The summed E-state index contributed by atoms with van der Waals surface area (Å²) in [6.07, 6.45) is 2.02. The number of imidazole rings is 1. The molecule has 6 nitrogen and oxygen atoms in total. The van der Waals surface area contributed by atoms with E-state index in [2.05, 4.69) is 10.3 Å². The van der Waals surface area contributed by atoms with E-state index in [0.717, 1.165) is 22.6 Å². The number of carbonyl (C=O) groups excluding carboxylic acids is 2. The van der Waals surface area contributed by atoms with Gasteiger partial charge in [0.2, 0.25) is 11.8 Å². The Morgan fingerprint density at radius 3 is 2.88 bits per heavy atom. The van der Waals surface area contributed by atoms with Crippen molar-refractivity contribution in [2.24, 2.45) is 5.92 Å². The fourth-order valence-electron chi connectivity index (χ4n) is 3.39. The third-order valence-electron chi connectivity index (χ3n) is 4.51. The molecule has 3 rings (SSSR count). The Hall–Kier alpha value is -2.02. The van der Waals surface area contributed by atoms with E-state index in [1.54, 1.807) is 16.7 Å². The van der Waals surface area contributed by atoms with Gasteiger partial charge in [0.05, 0.1) is 16.8 Å². The number of fused-ring (bicyclic) bond motifs is 1. The average molecular weight is 360 g/mol. The zero-order chi connectivity index (χ0) is 18.0. The molecule has 7 heteroatoms. The number of benzene rings is 1. The first kappa shape index (κ1) is 17.8. The fourth-order valence-corrected chi connectivity index (χ4v) is 3.87. The summed E-state index contributed by atoms with van der Waals surface area (Å²) in [5, 5.41) is 2.86. The van der Waals surface area contributed by atoms with E-state index in [9.17, 15) is 9.59 Å². The van der Waals surface area contributed by atoms with Gasteiger partial charge in [0.1, 0.15) is 18.4 Å². The number of rotatable bonds is 5. The summed E-state index contributed by atoms with van der Waals surface area (Å²) in [5.41, 5.74) is 1.86. The zero-order valence-corrected chi connectivity index (χ0v) is 15.7. The summed E-state index contributed by atoms with van der Waals surface area (Å²) in [6.45, 7) is 5.23. The van der Waals surface area contributed by atoms with Gasteiger partial charge in [-0.3, -0.25) is 9.59 Å². The summed E-state index contributed by atoms with van der Waals surface area (Å²) < 4.78 is 1.98. The lowest BCUT2D eigenvalue weighted by atomic mass is 9.99. The van der Waals surface area contributed by atoms with E-state index >= 15 is 0 Å². The van der Waals surface area contributed by atoms with E-state index < -0.39 is 6.04 Å². The van der Waals surface area contributed by atoms with E-state index in [1.807, 2.05) is 48.9 Å². The molecule has 1 unspecified atom stereocenters. The summed E-state index contributed by atoms with van der Waals surface area (Å²) in [6, 6.07) is 7.46. The van der Waals surface area contributed by atoms with Crippen LogP contribution in [-0.2, 0) is 21.9 Å². The van der Waals surface area contributed by atoms with E-state index in [1.165, 1.54) is 0 Å². The third-order valence-corrected chi connectivity index (χ3v) is 5.06. The van der Waals surface area contributed by atoms with Crippen LogP contribution in [0, 0.1) is 5.92 Å². The van der Waals surface area contributed by atoms with Crippen LogP contribution in [-0.4, -0.2) is 51.7 Å². The minimum absolute atomic E-state index is 0.0287. The van der Waals surface area contributed by atoms with Crippen LogP contribution in [0.5, 0.6) is 0 Å². The molecular formula is C18H24N4O2S. The number of para-hydroxylation sites is 2. The first-order valence-electron chi connectivity index (χ1n) is 8.53. The molecule has 0 saturated carbocycles. The third kappa shape index (κ3) is 3.51. The first-order chi connectivity index (χ1) is 12.0. The molecule has 1 fully saturated rings. The van der Waals surface area contributed by atoms with Crippen molar-refractivity contribution in [3.63, 3.8) is 0 Å². The Balaban J connectivity index is 1.91. The number of nitrogens with one attached hydrogen (secondary N) is 1. The highest BCUT2D eigenvalue weighted by atomic mass is 32.2. The number of piperazine rings is 1. The second-order valence-electron chi connectivity index (χ2n) is 6.60. The smallest absolute Gasteiger partial charge is 0.243 e. The van der Waals surface area contributed by atoms with Crippen LogP contribution < -0.4 is 5.32 Å². The van der Waals surface area contributed by atoms with Crippen molar-refractivity contribution in [2.45, 2.75) is 32.2 Å². The molecular weight excluding hydrogens is 336 g/mol. The largest absolute Gasteiger partial charge is 0.353 e. The molecule has 1 N–H and O–H groups in total. The topological polar surface area (TPSA) is 67.2 Å². The maximum absolute atomic E-state index is 13.0. The van der Waals surface area contributed by atoms with Crippen molar-refractivity contribution in [3.8, 4) is 0 Å². The van der Waals surface area contributed by atoms with Gasteiger partial charge in [-0.1, -0.05) is 26.0 Å². The molecule has 1 aliphatic heterocycles. The Kier molecular flexibility index (Phi) is 5.32. The Labute approximate surface area is 152 Å². The monoisotopic (exact) mass is 360 g/mol. The molecule has 0 aliphatic carbocycles. The number of aromatic nitrogens is 2. The highest BCUT2D eigenvalue weighted by Crippen LogP contribution is 2.21. The lowest BCUT2D eigenvalue weighted by molar-refractivity contribution is -0.145. The Bertz CT molecular complexity index is 786. The highest BCUT2D eigenvalue weighted by molar-refractivity contribution is 7.97. The van der Waals surface area contributed by atoms with Gasteiger partial charge >= 0.3 is 0 Å². The van der Waals surface area contributed by atoms with Gasteiger partial charge < -0.3 is 14.8 Å². The summed E-state index contributed by atoms with van der Waals surface area (Å²) in [4.78, 5) is 31.6. The molecule has 0 bridgehead atoms. The molecule has 2 amide bonds. The molecule has 1 saturated heterocycles. The average Bonchev–Trinajstić information content (AvgIpc) is 2.92.